The number of benzene rings is 1. The number of nitrogens with one attached hydrogen (secondary N) is 1. The van der Waals surface area contributed by atoms with Crippen LogP contribution in [0, 0.1) is 5.82 Å². The number of pyridine rings is 1. The number of hydrogen-bond donors (Lipinski definition) is 2. The Kier molecular flexibility index (Phi) is 4.61. The first-order chi connectivity index (χ1) is 10.1. The maximum atomic E-state index is 12.7. The Morgan fingerprint density at radius 3 is 2.48 bits per heavy atom. The molecule has 0 saturated heterocycles. The molecule has 108 valence electrons. The maximum Gasteiger partial charge on any atom is 0.312 e. The molecule has 1 aromatic carbocycles. The number of rotatable bonds is 5. The van der Waals surface area contributed by atoms with E-state index in [9.17, 15) is 19.1 Å². The minimum atomic E-state index is -1.03. The summed E-state index contributed by atoms with van der Waals surface area (Å²) in [5, 5.41) is 11.7. The molecule has 5 nitrogen and oxygen atoms in total. The third-order valence-corrected chi connectivity index (χ3v) is 2.93. The zero-order chi connectivity index (χ0) is 15.2. The monoisotopic (exact) mass is 288 g/mol. The summed E-state index contributed by atoms with van der Waals surface area (Å²) in [5.74, 6) is -2.97. The third-order valence-electron chi connectivity index (χ3n) is 2.93. The summed E-state index contributed by atoms with van der Waals surface area (Å²) in [7, 11) is 0. The number of aromatic nitrogens is 1. The van der Waals surface area contributed by atoms with E-state index in [-0.39, 0.29) is 12.2 Å². The fourth-order valence-electron chi connectivity index (χ4n) is 1.83. The molecule has 0 aliphatic rings. The number of carbonyl (C=O) groups excluding carboxylic acids is 1. The molecular weight excluding hydrogens is 275 g/mol. The minimum absolute atomic E-state index is 0.0357. The molecule has 0 saturated carbocycles. The van der Waals surface area contributed by atoms with Crippen LogP contribution in [0.25, 0.3) is 0 Å². The van der Waals surface area contributed by atoms with Crippen LogP contribution in [-0.4, -0.2) is 28.5 Å². The summed E-state index contributed by atoms with van der Waals surface area (Å²) < 4.78 is 12.7. The first-order valence-corrected chi connectivity index (χ1v) is 6.25. The predicted molar refractivity (Wildman–Crippen MR) is 73.3 cm³/mol. The number of nitrogens with zero attached hydrogens (tertiary/aromatic N) is 1. The summed E-state index contributed by atoms with van der Waals surface area (Å²) in [4.78, 5) is 26.7. The second kappa shape index (κ2) is 6.60. The number of hydrogen-bond acceptors (Lipinski definition) is 3. The van der Waals surface area contributed by atoms with E-state index in [1.807, 2.05) is 0 Å². The molecule has 2 aromatic rings. The van der Waals surface area contributed by atoms with Gasteiger partial charge in [0.25, 0.3) is 5.91 Å². The third kappa shape index (κ3) is 3.85. The van der Waals surface area contributed by atoms with Crippen LogP contribution in [0.2, 0.25) is 0 Å². The van der Waals surface area contributed by atoms with Gasteiger partial charge in [0.1, 0.15) is 11.5 Å². The smallest absolute Gasteiger partial charge is 0.312 e. The van der Waals surface area contributed by atoms with E-state index in [4.69, 9.17) is 0 Å². The van der Waals surface area contributed by atoms with Crippen LogP contribution in [0.4, 0.5) is 4.39 Å². The van der Waals surface area contributed by atoms with Gasteiger partial charge >= 0.3 is 5.97 Å². The molecule has 0 spiro atoms. The lowest BCUT2D eigenvalue weighted by molar-refractivity contribution is -0.138. The Balaban J connectivity index is 2.04. The maximum absolute atomic E-state index is 12.7. The zero-order valence-corrected chi connectivity index (χ0v) is 11.0. The van der Waals surface area contributed by atoms with E-state index >= 15 is 0 Å². The molecule has 1 aromatic heterocycles. The van der Waals surface area contributed by atoms with Gasteiger partial charge in [-0.05, 0) is 17.7 Å². The van der Waals surface area contributed by atoms with Crippen molar-refractivity contribution in [3.05, 3.63) is 65.7 Å². The SMILES string of the molecule is O=C(NCC(C(=O)O)c1ccccc1)c1ccc(F)cn1. The quantitative estimate of drug-likeness (QED) is 0.879. The highest BCUT2D eigenvalue weighted by Gasteiger charge is 2.20. The first kappa shape index (κ1) is 14.6. The molecule has 0 radical (unpaired) electrons. The molecule has 21 heavy (non-hydrogen) atoms. The number of carboxylic acid groups (broad SMARTS) is 1. The fraction of sp³-hybridized carbons (Fsp3) is 0.133. The van der Waals surface area contributed by atoms with Crippen molar-refractivity contribution >= 4 is 11.9 Å². The van der Waals surface area contributed by atoms with Gasteiger partial charge in [0.2, 0.25) is 0 Å². The number of amides is 1. The van der Waals surface area contributed by atoms with Gasteiger partial charge in [0.15, 0.2) is 0 Å². The standard InChI is InChI=1S/C15H13FN2O3/c16-11-6-7-13(17-8-11)14(19)18-9-12(15(20)21)10-4-2-1-3-5-10/h1-8,12H,9H2,(H,18,19)(H,20,21). The van der Waals surface area contributed by atoms with Gasteiger partial charge in [-0.1, -0.05) is 30.3 Å². The van der Waals surface area contributed by atoms with Crippen LogP contribution in [0.15, 0.2) is 48.7 Å². The van der Waals surface area contributed by atoms with Gasteiger partial charge in [-0.25, -0.2) is 9.37 Å². The molecule has 0 aliphatic heterocycles. The molecule has 6 heteroatoms. The lowest BCUT2D eigenvalue weighted by atomic mass is 9.99. The molecule has 0 bridgehead atoms. The average Bonchev–Trinajstić information content (AvgIpc) is 2.48. The Labute approximate surface area is 120 Å². The Morgan fingerprint density at radius 1 is 1.19 bits per heavy atom. The van der Waals surface area contributed by atoms with Crippen molar-refractivity contribution in [1.29, 1.82) is 0 Å². The first-order valence-electron chi connectivity index (χ1n) is 6.25. The molecule has 0 aliphatic carbocycles. The van der Waals surface area contributed by atoms with Crippen molar-refractivity contribution in [2.75, 3.05) is 6.54 Å². The average molecular weight is 288 g/mol. The van der Waals surface area contributed by atoms with E-state index in [0.717, 1.165) is 12.3 Å². The molecular formula is C15H13FN2O3. The summed E-state index contributed by atoms with van der Waals surface area (Å²) in [6, 6.07) is 11.0. The molecule has 2 N–H and O–H groups in total. The molecule has 0 fully saturated rings. The van der Waals surface area contributed by atoms with Crippen molar-refractivity contribution < 1.29 is 19.1 Å². The summed E-state index contributed by atoms with van der Waals surface area (Å²) >= 11 is 0. The number of carboxylic acids is 1. The summed E-state index contributed by atoms with van der Waals surface area (Å²) in [6.45, 7) is -0.0722. The van der Waals surface area contributed by atoms with Crippen LogP contribution in [0.3, 0.4) is 0 Å². The van der Waals surface area contributed by atoms with Gasteiger partial charge in [-0.2, -0.15) is 0 Å². The summed E-state index contributed by atoms with van der Waals surface area (Å²) in [5.41, 5.74) is 0.631. The van der Waals surface area contributed by atoms with Crippen molar-refractivity contribution in [1.82, 2.24) is 10.3 Å². The fourth-order valence-corrected chi connectivity index (χ4v) is 1.83. The van der Waals surface area contributed by atoms with Crippen LogP contribution < -0.4 is 5.32 Å². The van der Waals surface area contributed by atoms with Crippen LogP contribution in [-0.2, 0) is 4.79 Å². The predicted octanol–water partition coefficient (Wildman–Crippen LogP) is 1.82. The lowest BCUT2D eigenvalue weighted by Crippen LogP contribution is -2.32. The second-order valence-electron chi connectivity index (χ2n) is 4.37. The van der Waals surface area contributed by atoms with Crippen LogP contribution >= 0.6 is 0 Å². The van der Waals surface area contributed by atoms with E-state index < -0.39 is 23.6 Å². The van der Waals surface area contributed by atoms with Gasteiger partial charge < -0.3 is 10.4 Å². The van der Waals surface area contributed by atoms with Gasteiger partial charge in [-0.15, -0.1) is 0 Å². The van der Waals surface area contributed by atoms with E-state index in [2.05, 4.69) is 10.3 Å². The highest BCUT2D eigenvalue weighted by atomic mass is 19.1. The second-order valence-corrected chi connectivity index (χ2v) is 4.37. The van der Waals surface area contributed by atoms with E-state index in [1.54, 1.807) is 30.3 Å². The molecule has 2 rings (SSSR count). The van der Waals surface area contributed by atoms with E-state index in [0.29, 0.717) is 5.56 Å². The Morgan fingerprint density at radius 2 is 1.90 bits per heavy atom. The van der Waals surface area contributed by atoms with Gasteiger partial charge in [0, 0.05) is 6.54 Å². The van der Waals surface area contributed by atoms with Gasteiger partial charge in [0.05, 0.1) is 12.1 Å². The number of carbonyl (C=O) groups is 2. The lowest BCUT2D eigenvalue weighted by Gasteiger charge is -2.13. The van der Waals surface area contributed by atoms with Crippen molar-refractivity contribution in [3.8, 4) is 0 Å². The molecule has 1 heterocycles. The summed E-state index contributed by atoms with van der Waals surface area (Å²) in [6.07, 6.45) is 0.931. The largest absolute Gasteiger partial charge is 0.481 e. The van der Waals surface area contributed by atoms with Crippen LogP contribution in [0.5, 0.6) is 0 Å². The Bertz CT molecular complexity index is 629. The highest BCUT2D eigenvalue weighted by Crippen LogP contribution is 2.14. The van der Waals surface area contributed by atoms with Crippen molar-refractivity contribution in [2.45, 2.75) is 5.92 Å². The number of aliphatic carboxylic acids is 1. The van der Waals surface area contributed by atoms with Crippen molar-refractivity contribution in [2.24, 2.45) is 0 Å². The Hall–Kier alpha value is -2.76. The van der Waals surface area contributed by atoms with E-state index in [1.165, 1.54) is 6.07 Å². The molecule has 1 atom stereocenters. The normalized spacial score (nSPS) is 11.7. The highest BCUT2D eigenvalue weighted by molar-refractivity contribution is 5.92. The van der Waals surface area contributed by atoms with Gasteiger partial charge in [-0.3, -0.25) is 9.59 Å². The van der Waals surface area contributed by atoms with Crippen molar-refractivity contribution in [3.63, 3.8) is 0 Å². The molecule has 1 amide bonds. The van der Waals surface area contributed by atoms with Crippen LogP contribution in [0.1, 0.15) is 22.0 Å². The molecule has 1 unspecified atom stereocenters. The topological polar surface area (TPSA) is 79.3 Å². The number of halogens is 1. The zero-order valence-electron chi connectivity index (χ0n) is 11.0. The minimum Gasteiger partial charge on any atom is -0.481 e.